The van der Waals surface area contributed by atoms with Crippen molar-refractivity contribution in [2.24, 2.45) is 5.92 Å². The summed E-state index contributed by atoms with van der Waals surface area (Å²) in [5.41, 5.74) is 0.794. The number of aromatic amines is 1. The zero-order valence-corrected chi connectivity index (χ0v) is 16.2. The van der Waals surface area contributed by atoms with Crippen LogP contribution >= 0.6 is 0 Å². The first kappa shape index (κ1) is 19.1. The topological polar surface area (TPSA) is 69.3 Å². The molecule has 0 radical (unpaired) electrons. The van der Waals surface area contributed by atoms with Gasteiger partial charge in [-0.05, 0) is 64.6 Å². The van der Waals surface area contributed by atoms with Crippen molar-refractivity contribution < 1.29 is 4.79 Å². The van der Waals surface area contributed by atoms with E-state index < -0.39 is 0 Å². The van der Waals surface area contributed by atoms with Crippen molar-refractivity contribution in [3.8, 4) is 0 Å². The summed E-state index contributed by atoms with van der Waals surface area (Å²) in [7, 11) is 0. The van der Waals surface area contributed by atoms with Crippen LogP contribution in [0, 0.1) is 12.8 Å². The number of amides is 1. The summed E-state index contributed by atoms with van der Waals surface area (Å²) in [6.45, 7) is 9.07. The van der Waals surface area contributed by atoms with Gasteiger partial charge >= 0.3 is 0 Å². The lowest BCUT2D eigenvalue weighted by atomic mass is 9.90. The minimum atomic E-state index is -0.0829. The molecule has 0 aliphatic carbocycles. The quantitative estimate of drug-likeness (QED) is 0.875. The highest BCUT2D eigenvalue weighted by Crippen LogP contribution is 2.28. The number of aromatic nitrogens is 2. The van der Waals surface area contributed by atoms with Gasteiger partial charge in [0.15, 0.2) is 0 Å². The van der Waals surface area contributed by atoms with Gasteiger partial charge in [0.05, 0.1) is 5.69 Å². The summed E-state index contributed by atoms with van der Waals surface area (Å²) in [5, 5.41) is 0. The molecule has 144 valence electrons. The van der Waals surface area contributed by atoms with Crippen LogP contribution in [0.3, 0.4) is 0 Å². The number of hydrogen-bond donors (Lipinski definition) is 1. The van der Waals surface area contributed by atoms with E-state index in [0.29, 0.717) is 24.1 Å². The molecule has 2 aliphatic heterocycles. The van der Waals surface area contributed by atoms with E-state index in [2.05, 4.69) is 21.8 Å². The molecule has 0 saturated carbocycles. The van der Waals surface area contributed by atoms with Gasteiger partial charge in [-0.3, -0.25) is 9.59 Å². The van der Waals surface area contributed by atoms with Gasteiger partial charge in [0.2, 0.25) is 5.91 Å². The van der Waals surface area contributed by atoms with Crippen LogP contribution in [0.5, 0.6) is 0 Å². The Labute approximate surface area is 156 Å². The number of nitrogens with one attached hydrogen (secondary N) is 1. The Morgan fingerprint density at radius 1 is 1.19 bits per heavy atom. The second-order valence-electron chi connectivity index (χ2n) is 7.90. The molecule has 1 aromatic heterocycles. The molecule has 3 rings (SSSR count). The van der Waals surface area contributed by atoms with Gasteiger partial charge in [0, 0.05) is 31.5 Å². The maximum Gasteiger partial charge on any atom is 0.251 e. The SMILES string of the molecule is CCCN1CCC(CC(=O)N2CCC(c3cc(=O)[nH]c(C)n3)CC2)CC1. The maximum absolute atomic E-state index is 12.7. The molecule has 6 nitrogen and oxygen atoms in total. The minimum Gasteiger partial charge on any atom is -0.343 e. The third-order valence-electron chi connectivity index (χ3n) is 5.86. The predicted molar refractivity (Wildman–Crippen MR) is 102 cm³/mol. The van der Waals surface area contributed by atoms with E-state index in [1.54, 1.807) is 6.07 Å². The van der Waals surface area contributed by atoms with Crippen LogP contribution < -0.4 is 5.56 Å². The molecule has 0 spiro atoms. The van der Waals surface area contributed by atoms with E-state index in [0.717, 1.165) is 57.6 Å². The van der Waals surface area contributed by atoms with Gasteiger partial charge in [-0.25, -0.2) is 4.98 Å². The van der Waals surface area contributed by atoms with Crippen molar-refractivity contribution in [3.05, 3.63) is 27.9 Å². The van der Waals surface area contributed by atoms with E-state index in [4.69, 9.17) is 0 Å². The lowest BCUT2D eigenvalue weighted by molar-refractivity contribution is -0.133. The van der Waals surface area contributed by atoms with Gasteiger partial charge in [-0.15, -0.1) is 0 Å². The van der Waals surface area contributed by atoms with Crippen molar-refractivity contribution >= 4 is 5.91 Å². The van der Waals surface area contributed by atoms with Crippen LogP contribution in [0.2, 0.25) is 0 Å². The van der Waals surface area contributed by atoms with Crippen LogP contribution in [0.25, 0.3) is 0 Å². The predicted octanol–water partition coefficient (Wildman–Crippen LogP) is 2.30. The molecule has 0 aromatic carbocycles. The second-order valence-corrected chi connectivity index (χ2v) is 7.90. The summed E-state index contributed by atoms with van der Waals surface area (Å²) < 4.78 is 0. The van der Waals surface area contributed by atoms with E-state index in [1.807, 2.05) is 11.8 Å². The average molecular weight is 361 g/mol. The Morgan fingerprint density at radius 2 is 1.88 bits per heavy atom. The van der Waals surface area contributed by atoms with Crippen molar-refractivity contribution in [1.29, 1.82) is 0 Å². The van der Waals surface area contributed by atoms with Gasteiger partial charge in [-0.2, -0.15) is 0 Å². The molecule has 1 N–H and O–H groups in total. The minimum absolute atomic E-state index is 0.0829. The number of carbonyl (C=O) groups excluding carboxylic acids is 1. The number of H-pyrrole nitrogens is 1. The summed E-state index contributed by atoms with van der Waals surface area (Å²) in [6, 6.07) is 1.61. The van der Waals surface area contributed by atoms with Crippen LogP contribution in [0.15, 0.2) is 10.9 Å². The molecule has 2 fully saturated rings. The summed E-state index contributed by atoms with van der Waals surface area (Å²) in [6.07, 6.45) is 6.01. The van der Waals surface area contributed by atoms with E-state index in [1.165, 1.54) is 13.0 Å². The van der Waals surface area contributed by atoms with Gasteiger partial charge in [0.1, 0.15) is 5.82 Å². The fraction of sp³-hybridized carbons (Fsp3) is 0.750. The molecule has 2 aliphatic rings. The van der Waals surface area contributed by atoms with Crippen LogP contribution in [-0.2, 0) is 4.79 Å². The Bertz CT molecular complexity index is 656. The normalized spacial score (nSPS) is 20.5. The number of rotatable bonds is 5. The molecule has 1 amide bonds. The summed E-state index contributed by atoms with van der Waals surface area (Å²) in [5.74, 6) is 1.82. The van der Waals surface area contributed by atoms with E-state index in [9.17, 15) is 9.59 Å². The van der Waals surface area contributed by atoms with Gasteiger partial charge < -0.3 is 14.8 Å². The molecule has 6 heteroatoms. The largest absolute Gasteiger partial charge is 0.343 e. The highest BCUT2D eigenvalue weighted by atomic mass is 16.2. The van der Waals surface area contributed by atoms with Crippen molar-refractivity contribution in [3.63, 3.8) is 0 Å². The maximum atomic E-state index is 12.7. The fourth-order valence-electron chi connectivity index (χ4n) is 4.34. The number of aryl methyl sites for hydroxylation is 1. The lowest BCUT2D eigenvalue weighted by Gasteiger charge is -2.35. The number of hydrogen-bond acceptors (Lipinski definition) is 4. The first-order chi connectivity index (χ1) is 12.5. The van der Waals surface area contributed by atoms with Crippen LogP contribution in [-0.4, -0.2) is 58.4 Å². The third-order valence-corrected chi connectivity index (χ3v) is 5.86. The molecule has 0 bridgehead atoms. The van der Waals surface area contributed by atoms with Gasteiger partial charge in [0.25, 0.3) is 5.56 Å². The van der Waals surface area contributed by atoms with Crippen molar-refractivity contribution in [2.45, 2.75) is 58.3 Å². The van der Waals surface area contributed by atoms with Crippen LogP contribution in [0.4, 0.5) is 0 Å². The molecule has 1 aromatic rings. The van der Waals surface area contributed by atoms with Crippen molar-refractivity contribution in [2.75, 3.05) is 32.7 Å². The summed E-state index contributed by atoms with van der Waals surface area (Å²) >= 11 is 0. The van der Waals surface area contributed by atoms with Crippen molar-refractivity contribution in [1.82, 2.24) is 19.8 Å². The Hall–Kier alpha value is -1.69. The fourth-order valence-corrected chi connectivity index (χ4v) is 4.34. The Balaban J connectivity index is 1.46. The highest BCUT2D eigenvalue weighted by molar-refractivity contribution is 5.76. The smallest absolute Gasteiger partial charge is 0.251 e. The van der Waals surface area contributed by atoms with E-state index in [-0.39, 0.29) is 11.5 Å². The van der Waals surface area contributed by atoms with Crippen LogP contribution in [0.1, 0.15) is 62.9 Å². The number of piperidine rings is 2. The number of likely N-dealkylation sites (tertiary alicyclic amines) is 2. The molecule has 0 atom stereocenters. The molecular weight excluding hydrogens is 328 g/mol. The average Bonchev–Trinajstić information content (AvgIpc) is 2.63. The monoisotopic (exact) mass is 360 g/mol. The second kappa shape index (κ2) is 8.80. The lowest BCUT2D eigenvalue weighted by Crippen LogP contribution is -2.40. The number of carbonyl (C=O) groups is 1. The molecule has 0 unspecified atom stereocenters. The molecule has 3 heterocycles. The first-order valence-corrected chi connectivity index (χ1v) is 10.1. The zero-order chi connectivity index (χ0) is 18.5. The molecule has 2 saturated heterocycles. The van der Waals surface area contributed by atoms with Gasteiger partial charge in [-0.1, -0.05) is 6.92 Å². The Morgan fingerprint density at radius 3 is 2.50 bits per heavy atom. The Kier molecular flexibility index (Phi) is 6.46. The first-order valence-electron chi connectivity index (χ1n) is 10.1. The third kappa shape index (κ3) is 4.93. The zero-order valence-electron chi connectivity index (χ0n) is 16.2. The van der Waals surface area contributed by atoms with E-state index >= 15 is 0 Å². The standard InChI is InChI=1S/C20H32N4O2/c1-3-8-23-9-4-16(5-10-23)13-20(26)24-11-6-17(7-12-24)18-14-19(25)22-15(2)21-18/h14,16-17H,3-13H2,1-2H3,(H,21,22,25). The molecular formula is C20H32N4O2. The highest BCUT2D eigenvalue weighted by Gasteiger charge is 2.27. The summed E-state index contributed by atoms with van der Waals surface area (Å²) in [4.78, 5) is 36.0. The number of nitrogens with zero attached hydrogens (tertiary/aromatic N) is 3. The molecule has 26 heavy (non-hydrogen) atoms.